The Hall–Kier alpha value is -2.59. The molecule has 0 spiro atoms. The molecule has 2 heterocycles. The number of hydrogen-bond acceptors (Lipinski definition) is 5. The molecule has 3 aliphatic rings. The highest BCUT2D eigenvalue weighted by Gasteiger charge is 2.57. The van der Waals surface area contributed by atoms with Gasteiger partial charge in [0, 0.05) is 30.1 Å². The van der Waals surface area contributed by atoms with E-state index in [9.17, 15) is 26.8 Å². The molecule has 0 bridgehead atoms. The molecule has 3 fully saturated rings. The zero-order chi connectivity index (χ0) is 24.4. The first-order valence-corrected chi connectivity index (χ1v) is 13.2. The summed E-state index contributed by atoms with van der Waals surface area (Å²) in [6, 6.07) is 3.03. The van der Waals surface area contributed by atoms with Gasteiger partial charge in [0.1, 0.15) is 17.7 Å². The lowest BCUT2D eigenvalue weighted by molar-refractivity contribution is -0.126. The minimum atomic E-state index is -3.61. The van der Waals surface area contributed by atoms with Gasteiger partial charge in [-0.2, -0.15) is 0 Å². The third-order valence-electron chi connectivity index (χ3n) is 6.81. The summed E-state index contributed by atoms with van der Waals surface area (Å²) in [6.07, 6.45) is 4.57. The number of sulfone groups is 1. The lowest BCUT2D eigenvalue weighted by atomic mass is 10.00. The van der Waals surface area contributed by atoms with Crippen LogP contribution in [0.1, 0.15) is 41.2 Å². The Balaban J connectivity index is 1.40. The number of nitrogens with one attached hydrogen (secondary N) is 1. The predicted octanol–water partition coefficient (Wildman–Crippen LogP) is 3.14. The number of rotatable bonds is 6. The lowest BCUT2D eigenvalue weighted by Crippen LogP contribution is -2.49. The van der Waals surface area contributed by atoms with Crippen molar-refractivity contribution in [3.05, 3.63) is 58.2 Å². The molecule has 2 saturated carbocycles. The number of aromatic nitrogens is 1. The van der Waals surface area contributed by atoms with Gasteiger partial charge in [-0.15, -0.1) is 0 Å². The molecule has 7 nitrogen and oxygen atoms in total. The molecule has 180 valence electrons. The van der Waals surface area contributed by atoms with Crippen molar-refractivity contribution in [2.45, 2.75) is 36.4 Å². The van der Waals surface area contributed by atoms with Gasteiger partial charge >= 0.3 is 0 Å². The van der Waals surface area contributed by atoms with Crippen LogP contribution in [0.3, 0.4) is 0 Å². The van der Waals surface area contributed by atoms with Gasteiger partial charge < -0.3 is 10.2 Å². The molecular formula is C23H22ClF2N3O4S. The van der Waals surface area contributed by atoms with Crippen molar-refractivity contribution in [3.63, 3.8) is 0 Å². The van der Waals surface area contributed by atoms with Gasteiger partial charge in [0.05, 0.1) is 11.1 Å². The molecule has 1 aliphatic heterocycles. The number of carbonyl (C=O) groups is 2. The summed E-state index contributed by atoms with van der Waals surface area (Å²) >= 11 is 5.68. The first-order chi connectivity index (χ1) is 16.0. The molecule has 1 unspecified atom stereocenters. The fourth-order valence-electron chi connectivity index (χ4n) is 4.82. The minimum absolute atomic E-state index is 0.0215. The Labute approximate surface area is 200 Å². The van der Waals surface area contributed by atoms with Crippen molar-refractivity contribution in [1.29, 1.82) is 0 Å². The maximum atomic E-state index is 14.6. The third kappa shape index (κ3) is 4.29. The normalized spacial score (nSPS) is 24.5. The molecule has 2 aromatic rings. The number of piperidine rings is 1. The summed E-state index contributed by atoms with van der Waals surface area (Å²) in [5.74, 6) is -2.23. The van der Waals surface area contributed by atoms with E-state index >= 15 is 0 Å². The SMILES string of the molecule is CS(=O)(=O)c1cc(C(=O)N2C[C@H]3C[C@H]3[C@@H]2C(=O)NC(c2cc(F)c(Cl)cc2F)C2CC2)ccn1. The zero-order valence-electron chi connectivity index (χ0n) is 18.2. The third-order valence-corrected chi connectivity index (χ3v) is 8.08. The molecule has 11 heteroatoms. The highest BCUT2D eigenvalue weighted by molar-refractivity contribution is 7.90. The van der Waals surface area contributed by atoms with Crippen LogP contribution in [0, 0.1) is 29.4 Å². The molecule has 4 atom stereocenters. The van der Waals surface area contributed by atoms with Crippen molar-refractivity contribution >= 4 is 33.3 Å². The Morgan fingerprint density at radius 3 is 2.62 bits per heavy atom. The van der Waals surface area contributed by atoms with Crippen molar-refractivity contribution in [2.75, 3.05) is 12.8 Å². The van der Waals surface area contributed by atoms with E-state index in [1.54, 1.807) is 0 Å². The number of hydrogen-bond donors (Lipinski definition) is 1. The van der Waals surface area contributed by atoms with Crippen LogP contribution in [0.2, 0.25) is 5.02 Å². The van der Waals surface area contributed by atoms with E-state index in [1.807, 2.05) is 0 Å². The van der Waals surface area contributed by atoms with E-state index in [1.165, 1.54) is 23.2 Å². The van der Waals surface area contributed by atoms with E-state index < -0.39 is 45.4 Å². The van der Waals surface area contributed by atoms with E-state index in [4.69, 9.17) is 11.6 Å². The van der Waals surface area contributed by atoms with Gasteiger partial charge in [0.25, 0.3) is 5.91 Å². The van der Waals surface area contributed by atoms with E-state index in [-0.39, 0.29) is 38.9 Å². The summed E-state index contributed by atoms with van der Waals surface area (Å²) in [7, 11) is -3.61. The van der Waals surface area contributed by atoms with Crippen LogP contribution in [0.4, 0.5) is 8.78 Å². The van der Waals surface area contributed by atoms with Gasteiger partial charge in [0.2, 0.25) is 5.91 Å². The number of benzene rings is 1. The van der Waals surface area contributed by atoms with Crippen LogP contribution in [0.25, 0.3) is 0 Å². The van der Waals surface area contributed by atoms with Crippen LogP contribution in [0.15, 0.2) is 35.5 Å². The van der Waals surface area contributed by atoms with Gasteiger partial charge in [-0.3, -0.25) is 9.59 Å². The molecule has 2 aliphatic carbocycles. The summed E-state index contributed by atoms with van der Waals surface area (Å²) in [4.78, 5) is 31.9. The summed E-state index contributed by atoms with van der Waals surface area (Å²) in [5, 5.41) is 2.31. The zero-order valence-corrected chi connectivity index (χ0v) is 19.7. The summed E-state index contributed by atoms with van der Waals surface area (Å²) in [6.45, 7) is 0.371. The van der Waals surface area contributed by atoms with Crippen molar-refractivity contribution in [1.82, 2.24) is 15.2 Å². The number of likely N-dealkylation sites (tertiary alicyclic amines) is 1. The monoisotopic (exact) mass is 509 g/mol. The Kier molecular flexibility index (Phi) is 5.63. The largest absolute Gasteiger partial charge is 0.347 e. The van der Waals surface area contributed by atoms with Crippen molar-refractivity contribution < 1.29 is 26.8 Å². The average molecular weight is 510 g/mol. The van der Waals surface area contributed by atoms with Crippen molar-refractivity contribution in [3.8, 4) is 0 Å². The highest BCUT2D eigenvalue weighted by Crippen LogP contribution is 2.50. The molecule has 1 N–H and O–H groups in total. The second-order valence-corrected chi connectivity index (χ2v) is 11.7. The first kappa shape index (κ1) is 23.2. The molecular weight excluding hydrogens is 488 g/mol. The quantitative estimate of drug-likeness (QED) is 0.603. The molecule has 1 aromatic carbocycles. The predicted molar refractivity (Wildman–Crippen MR) is 119 cm³/mol. The fraction of sp³-hybridized carbons (Fsp3) is 0.435. The fourth-order valence-corrected chi connectivity index (χ4v) is 5.56. The number of pyridine rings is 1. The lowest BCUT2D eigenvalue weighted by Gasteiger charge is -2.29. The summed E-state index contributed by atoms with van der Waals surface area (Å²) in [5.41, 5.74) is 0.159. The van der Waals surface area contributed by atoms with E-state index in [2.05, 4.69) is 10.3 Å². The van der Waals surface area contributed by atoms with Crippen molar-refractivity contribution in [2.24, 2.45) is 17.8 Å². The number of nitrogens with zero attached hydrogens (tertiary/aromatic N) is 2. The molecule has 1 saturated heterocycles. The smallest absolute Gasteiger partial charge is 0.254 e. The topological polar surface area (TPSA) is 96.4 Å². The second-order valence-electron chi connectivity index (χ2n) is 9.33. The van der Waals surface area contributed by atoms with Gasteiger partial charge in [-0.25, -0.2) is 22.2 Å². The Bertz CT molecular complexity index is 1300. The minimum Gasteiger partial charge on any atom is -0.347 e. The molecule has 34 heavy (non-hydrogen) atoms. The number of halogens is 3. The molecule has 2 amide bonds. The van der Waals surface area contributed by atoms with Crippen LogP contribution < -0.4 is 5.32 Å². The summed E-state index contributed by atoms with van der Waals surface area (Å²) < 4.78 is 52.4. The van der Waals surface area contributed by atoms with E-state index in [0.29, 0.717) is 6.54 Å². The Morgan fingerprint density at radius 1 is 1.21 bits per heavy atom. The molecule has 0 radical (unpaired) electrons. The van der Waals surface area contributed by atoms with Crippen LogP contribution >= 0.6 is 11.6 Å². The van der Waals surface area contributed by atoms with Crippen LogP contribution in [0.5, 0.6) is 0 Å². The Morgan fingerprint density at radius 2 is 1.94 bits per heavy atom. The van der Waals surface area contributed by atoms with Gasteiger partial charge in [-0.1, -0.05) is 11.6 Å². The maximum absolute atomic E-state index is 14.6. The average Bonchev–Trinajstić information content (AvgIpc) is 3.71. The number of amides is 2. The van der Waals surface area contributed by atoms with Crippen LogP contribution in [-0.4, -0.2) is 49.0 Å². The molecule has 1 aromatic heterocycles. The van der Waals surface area contributed by atoms with E-state index in [0.717, 1.165) is 37.7 Å². The molecule has 5 rings (SSSR count). The highest BCUT2D eigenvalue weighted by atomic mass is 35.5. The number of carbonyl (C=O) groups excluding carboxylic acids is 2. The first-order valence-electron chi connectivity index (χ1n) is 11.0. The standard InChI is InChI=1S/C23H22ClF2N3O4S/c1-34(32,33)19-7-12(4-5-27-19)23(31)29-10-13-6-14(13)21(29)22(30)28-20(11-2-3-11)15-8-18(26)16(24)9-17(15)25/h4-5,7-9,11,13-14,20-21H,2-3,6,10H2,1H3,(H,28,30)/t13-,14-,20?,21-/m1/s1. The van der Waals surface area contributed by atoms with Crippen LogP contribution in [-0.2, 0) is 14.6 Å². The maximum Gasteiger partial charge on any atom is 0.254 e. The van der Waals surface area contributed by atoms with Gasteiger partial charge in [-0.05, 0) is 61.3 Å². The second kappa shape index (κ2) is 8.27. The van der Waals surface area contributed by atoms with Gasteiger partial charge in [0.15, 0.2) is 14.9 Å². The number of fused-ring (bicyclic) bond motifs is 1.